The summed E-state index contributed by atoms with van der Waals surface area (Å²) in [5, 5.41) is 5.28. The predicted molar refractivity (Wildman–Crippen MR) is 109 cm³/mol. The van der Waals surface area contributed by atoms with E-state index in [0.717, 1.165) is 12.1 Å². The number of thioether (sulfide) groups is 1. The van der Waals surface area contributed by atoms with Gasteiger partial charge in [-0.05, 0) is 54.8 Å². The minimum Gasteiger partial charge on any atom is -0.496 e. The van der Waals surface area contributed by atoms with Crippen molar-refractivity contribution in [1.82, 2.24) is 5.32 Å². The number of benzene rings is 2. The van der Waals surface area contributed by atoms with Crippen molar-refractivity contribution in [3.8, 4) is 11.5 Å². The maximum atomic E-state index is 12.7. The lowest BCUT2D eigenvalue weighted by atomic mass is 10.1. The summed E-state index contributed by atoms with van der Waals surface area (Å²) in [4.78, 5) is 25.3. The van der Waals surface area contributed by atoms with Crippen LogP contribution >= 0.6 is 11.8 Å². The van der Waals surface area contributed by atoms with Gasteiger partial charge in [0.25, 0.3) is 5.91 Å². The van der Waals surface area contributed by atoms with Gasteiger partial charge >= 0.3 is 6.36 Å². The minimum absolute atomic E-state index is 0.273. The Labute approximate surface area is 176 Å². The molecule has 10 heteroatoms. The lowest BCUT2D eigenvalue weighted by Gasteiger charge is -2.19. The van der Waals surface area contributed by atoms with Crippen LogP contribution in [0.3, 0.4) is 0 Å². The molecule has 2 amide bonds. The number of carbonyl (C=O) groups is 2. The second kappa shape index (κ2) is 10.8. The standard InChI is InChI=1S/C20H21F3N2O4S/c1-28-17-6-4-3-5-15(17)18(26)25-16(11-12-30-2)19(27)24-13-7-9-14(10-8-13)29-20(21,22)23/h3-10,16H,11-12H2,1-2H3,(H,24,27)(H,25,26). The quantitative estimate of drug-likeness (QED) is 0.612. The number of nitrogens with one attached hydrogen (secondary N) is 2. The first kappa shape index (κ1) is 23.4. The summed E-state index contributed by atoms with van der Waals surface area (Å²) in [6, 6.07) is 10.5. The fourth-order valence-corrected chi connectivity index (χ4v) is 3.01. The Balaban J connectivity index is 2.08. The van der Waals surface area contributed by atoms with Crippen molar-refractivity contribution in [2.24, 2.45) is 0 Å². The molecule has 2 N–H and O–H groups in total. The van der Waals surface area contributed by atoms with Crippen molar-refractivity contribution < 1.29 is 32.2 Å². The first-order valence-corrected chi connectivity index (χ1v) is 10.2. The number of amides is 2. The second-order valence-electron chi connectivity index (χ2n) is 6.07. The third-order valence-electron chi connectivity index (χ3n) is 3.94. The zero-order chi connectivity index (χ0) is 22.1. The molecule has 0 spiro atoms. The molecular formula is C20H21F3N2O4S. The Morgan fingerprint density at radius 2 is 1.77 bits per heavy atom. The van der Waals surface area contributed by atoms with Crippen LogP contribution in [0.1, 0.15) is 16.8 Å². The molecule has 162 valence electrons. The van der Waals surface area contributed by atoms with E-state index in [9.17, 15) is 22.8 Å². The highest BCUT2D eigenvalue weighted by Crippen LogP contribution is 2.24. The third kappa shape index (κ3) is 7.18. The van der Waals surface area contributed by atoms with Crippen LogP contribution in [0.2, 0.25) is 0 Å². The number of rotatable bonds is 9. The molecule has 0 fully saturated rings. The highest BCUT2D eigenvalue weighted by Gasteiger charge is 2.31. The molecule has 6 nitrogen and oxygen atoms in total. The monoisotopic (exact) mass is 442 g/mol. The number of anilines is 1. The van der Waals surface area contributed by atoms with E-state index in [1.807, 2.05) is 6.26 Å². The molecule has 0 aliphatic carbocycles. The van der Waals surface area contributed by atoms with Crippen molar-refractivity contribution in [3.05, 3.63) is 54.1 Å². The second-order valence-corrected chi connectivity index (χ2v) is 7.05. The van der Waals surface area contributed by atoms with Gasteiger partial charge in [0.15, 0.2) is 0 Å². The Bertz CT molecular complexity index is 860. The molecule has 2 aromatic rings. The number of carbonyl (C=O) groups excluding carboxylic acids is 2. The molecule has 30 heavy (non-hydrogen) atoms. The van der Waals surface area contributed by atoms with Crippen molar-refractivity contribution in [2.75, 3.05) is 24.4 Å². The summed E-state index contributed by atoms with van der Waals surface area (Å²) < 4.78 is 45.7. The number of hydrogen-bond acceptors (Lipinski definition) is 5. The highest BCUT2D eigenvalue weighted by molar-refractivity contribution is 7.98. The average Bonchev–Trinajstić information content (AvgIpc) is 2.71. The fourth-order valence-electron chi connectivity index (χ4n) is 2.54. The molecule has 0 aromatic heterocycles. The maximum absolute atomic E-state index is 12.7. The number of halogens is 3. The van der Waals surface area contributed by atoms with Crippen LogP contribution in [-0.2, 0) is 4.79 Å². The van der Waals surface area contributed by atoms with E-state index in [0.29, 0.717) is 17.9 Å². The normalized spacial score (nSPS) is 12.0. The fraction of sp³-hybridized carbons (Fsp3) is 0.300. The molecule has 0 saturated heterocycles. The smallest absolute Gasteiger partial charge is 0.496 e. The van der Waals surface area contributed by atoms with E-state index in [2.05, 4.69) is 15.4 Å². The van der Waals surface area contributed by atoms with Crippen LogP contribution in [0.25, 0.3) is 0 Å². The number of hydrogen-bond donors (Lipinski definition) is 2. The Morgan fingerprint density at radius 1 is 1.10 bits per heavy atom. The zero-order valence-electron chi connectivity index (χ0n) is 16.3. The number of ether oxygens (including phenoxy) is 2. The molecule has 0 aliphatic heterocycles. The van der Waals surface area contributed by atoms with Crippen molar-refractivity contribution >= 4 is 29.3 Å². The van der Waals surface area contributed by atoms with Crippen LogP contribution in [0.4, 0.5) is 18.9 Å². The number of alkyl halides is 3. The van der Waals surface area contributed by atoms with Crippen molar-refractivity contribution in [1.29, 1.82) is 0 Å². The predicted octanol–water partition coefficient (Wildman–Crippen LogP) is 4.08. The topological polar surface area (TPSA) is 76.7 Å². The summed E-state index contributed by atoms with van der Waals surface area (Å²) in [5.74, 6) is -0.370. The summed E-state index contributed by atoms with van der Waals surface area (Å²) >= 11 is 1.51. The van der Waals surface area contributed by atoms with Gasteiger partial charge in [0, 0.05) is 5.69 Å². The van der Waals surface area contributed by atoms with Crippen LogP contribution in [0, 0.1) is 0 Å². The van der Waals surface area contributed by atoms with Gasteiger partial charge < -0.3 is 20.1 Å². The first-order chi connectivity index (χ1) is 14.2. The molecule has 1 atom stereocenters. The van der Waals surface area contributed by atoms with Crippen LogP contribution in [0.5, 0.6) is 11.5 Å². The van der Waals surface area contributed by atoms with Gasteiger partial charge in [-0.1, -0.05) is 12.1 Å². The Kier molecular flexibility index (Phi) is 8.40. The first-order valence-electron chi connectivity index (χ1n) is 8.83. The van der Waals surface area contributed by atoms with Gasteiger partial charge in [-0.25, -0.2) is 0 Å². The van der Waals surface area contributed by atoms with Crippen LogP contribution in [0.15, 0.2) is 48.5 Å². The molecular weight excluding hydrogens is 421 g/mol. The highest BCUT2D eigenvalue weighted by atomic mass is 32.2. The van der Waals surface area contributed by atoms with E-state index in [1.54, 1.807) is 24.3 Å². The lowest BCUT2D eigenvalue weighted by molar-refractivity contribution is -0.274. The van der Waals surface area contributed by atoms with Crippen molar-refractivity contribution in [2.45, 2.75) is 18.8 Å². The van der Waals surface area contributed by atoms with Gasteiger partial charge in [0.2, 0.25) is 5.91 Å². The third-order valence-corrected chi connectivity index (χ3v) is 4.58. The van der Waals surface area contributed by atoms with Gasteiger partial charge in [-0.2, -0.15) is 11.8 Å². The summed E-state index contributed by atoms with van der Waals surface area (Å²) in [5.41, 5.74) is 0.561. The van der Waals surface area contributed by atoms with E-state index >= 15 is 0 Å². The van der Waals surface area contributed by atoms with Gasteiger partial charge in [-0.3, -0.25) is 9.59 Å². The Morgan fingerprint density at radius 3 is 2.37 bits per heavy atom. The Hall–Kier alpha value is -2.88. The zero-order valence-corrected chi connectivity index (χ0v) is 17.1. The molecule has 0 bridgehead atoms. The van der Waals surface area contributed by atoms with E-state index in [-0.39, 0.29) is 11.3 Å². The molecule has 2 aromatic carbocycles. The summed E-state index contributed by atoms with van der Waals surface area (Å²) in [6.07, 6.45) is -2.56. The maximum Gasteiger partial charge on any atom is 0.573 e. The van der Waals surface area contributed by atoms with E-state index < -0.39 is 30.0 Å². The van der Waals surface area contributed by atoms with Gasteiger partial charge in [-0.15, -0.1) is 13.2 Å². The van der Waals surface area contributed by atoms with Crippen molar-refractivity contribution in [3.63, 3.8) is 0 Å². The minimum atomic E-state index is -4.80. The molecule has 1 unspecified atom stereocenters. The van der Waals surface area contributed by atoms with Crippen LogP contribution in [-0.4, -0.2) is 43.3 Å². The van der Waals surface area contributed by atoms with E-state index in [1.165, 1.54) is 31.0 Å². The average molecular weight is 442 g/mol. The van der Waals surface area contributed by atoms with Gasteiger partial charge in [0.05, 0.1) is 12.7 Å². The molecule has 0 radical (unpaired) electrons. The molecule has 0 aliphatic rings. The SMILES string of the molecule is COc1ccccc1C(=O)NC(CCSC)C(=O)Nc1ccc(OC(F)(F)F)cc1. The van der Waals surface area contributed by atoms with Crippen LogP contribution < -0.4 is 20.1 Å². The lowest BCUT2D eigenvalue weighted by Crippen LogP contribution is -2.44. The summed E-state index contributed by atoms with van der Waals surface area (Å²) in [6.45, 7) is 0. The van der Waals surface area contributed by atoms with Gasteiger partial charge in [0.1, 0.15) is 17.5 Å². The molecule has 0 heterocycles. The molecule has 2 rings (SSSR count). The number of para-hydroxylation sites is 1. The number of methoxy groups -OCH3 is 1. The molecule has 0 saturated carbocycles. The summed E-state index contributed by atoms with van der Waals surface area (Å²) in [7, 11) is 1.44. The van der Waals surface area contributed by atoms with E-state index in [4.69, 9.17) is 4.74 Å². The largest absolute Gasteiger partial charge is 0.573 e.